The Kier molecular flexibility index (Phi) is 10.6. The van der Waals surface area contributed by atoms with Gasteiger partial charge in [0.25, 0.3) is 0 Å². The van der Waals surface area contributed by atoms with Crippen LogP contribution in [0.25, 0.3) is 11.3 Å². The molecule has 4 aromatic rings. The fourth-order valence-corrected chi connectivity index (χ4v) is 5.77. The molecule has 1 unspecified atom stereocenters. The number of fused-ring (bicyclic) bond motifs is 1. The number of unbranched alkanes of at least 4 members (excludes halogenated alkanes) is 7. The van der Waals surface area contributed by atoms with Gasteiger partial charge in [0, 0.05) is 18.4 Å². The Hall–Kier alpha value is -3.70. The second-order valence-corrected chi connectivity index (χ2v) is 11.6. The largest absolute Gasteiger partial charge is 0.492 e. The molecule has 1 aliphatic heterocycles. The molecule has 1 aliphatic rings. The average molecular weight is 583 g/mol. The highest BCUT2D eigenvalue weighted by molar-refractivity contribution is 6.32. The highest BCUT2D eigenvalue weighted by atomic mass is 35.5. The summed E-state index contributed by atoms with van der Waals surface area (Å²) in [6, 6.07) is 25.7. The Morgan fingerprint density at radius 2 is 1.55 bits per heavy atom. The molecule has 3 aromatic carbocycles. The van der Waals surface area contributed by atoms with Gasteiger partial charge in [0.15, 0.2) is 6.04 Å². The van der Waals surface area contributed by atoms with Gasteiger partial charge in [-0.2, -0.15) is 4.57 Å². The van der Waals surface area contributed by atoms with Gasteiger partial charge in [0.1, 0.15) is 23.3 Å². The van der Waals surface area contributed by atoms with Crippen molar-refractivity contribution in [2.75, 3.05) is 11.9 Å². The molecule has 42 heavy (non-hydrogen) atoms. The van der Waals surface area contributed by atoms with Crippen LogP contribution in [0.3, 0.4) is 0 Å². The fourth-order valence-electron chi connectivity index (χ4n) is 5.52. The zero-order valence-corrected chi connectivity index (χ0v) is 25.3. The van der Waals surface area contributed by atoms with E-state index < -0.39 is 6.04 Å². The lowest BCUT2D eigenvalue weighted by Gasteiger charge is -2.10. The van der Waals surface area contributed by atoms with Crippen LogP contribution in [0.15, 0.2) is 85.1 Å². The first-order chi connectivity index (χ1) is 20.6. The minimum absolute atomic E-state index is 0.00466. The first kappa shape index (κ1) is 29.8. The van der Waals surface area contributed by atoms with Gasteiger partial charge < -0.3 is 4.74 Å². The summed E-state index contributed by atoms with van der Waals surface area (Å²) in [5, 5.41) is 4.06. The third-order valence-electron chi connectivity index (χ3n) is 7.84. The smallest absolute Gasteiger partial charge is 0.359 e. The maximum Gasteiger partial charge on any atom is 0.359 e. The molecular weight excluding hydrogens is 542 g/mol. The molecule has 1 atom stereocenters. The van der Waals surface area contributed by atoms with E-state index in [1.807, 2.05) is 72.9 Å². The lowest BCUT2D eigenvalue weighted by atomic mass is 10.1. The highest BCUT2D eigenvalue weighted by Gasteiger charge is 2.41. The molecule has 5 rings (SSSR count). The summed E-state index contributed by atoms with van der Waals surface area (Å²) in [7, 11) is 0. The van der Waals surface area contributed by atoms with Crippen LogP contribution < -0.4 is 14.6 Å². The number of carbonyl (C=O) groups is 1. The molecule has 0 saturated heterocycles. The normalized spacial score (nSPS) is 14.0. The number of halogens is 1. The number of hydrogen-bond acceptors (Lipinski definition) is 4. The minimum atomic E-state index is -0.410. The van der Waals surface area contributed by atoms with E-state index in [0.717, 1.165) is 40.3 Å². The summed E-state index contributed by atoms with van der Waals surface area (Å²) in [4.78, 5) is 18.7. The van der Waals surface area contributed by atoms with Gasteiger partial charge in [-0.15, -0.1) is 0 Å². The first-order valence-electron chi connectivity index (χ1n) is 15.4. The van der Waals surface area contributed by atoms with Crippen molar-refractivity contribution in [1.82, 2.24) is 4.98 Å². The predicted octanol–water partition coefficient (Wildman–Crippen LogP) is 8.48. The molecule has 1 aromatic heterocycles. The number of anilines is 1. The first-order valence-corrected chi connectivity index (χ1v) is 15.8. The average Bonchev–Trinajstić information content (AvgIpc) is 3.33. The molecule has 1 N–H and O–H groups in total. The van der Waals surface area contributed by atoms with Gasteiger partial charge in [-0.25, -0.2) is 9.78 Å². The number of hydrogen-bond donors (Lipinski definition) is 1. The van der Waals surface area contributed by atoms with Crippen LogP contribution in [0.4, 0.5) is 5.82 Å². The van der Waals surface area contributed by atoms with Crippen molar-refractivity contribution >= 4 is 23.3 Å². The van der Waals surface area contributed by atoms with Crippen LogP contribution in [0.1, 0.15) is 79.9 Å². The summed E-state index contributed by atoms with van der Waals surface area (Å²) in [5.41, 5.74) is 4.74. The monoisotopic (exact) mass is 582 g/mol. The number of benzene rings is 3. The number of carbonyl (C=O) groups excluding carboxylic acids is 1. The second-order valence-electron chi connectivity index (χ2n) is 11.1. The van der Waals surface area contributed by atoms with E-state index in [0.29, 0.717) is 30.2 Å². The van der Waals surface area contributed by atoms with E-state index in [4.69, 9.17) is 21.3 Å². The van der Waals surface area contributed by atoms with E-state index in [1.165, 1.54) is 44.9 Å². The number of aromatic nitrogens is 2. The third kappa shape index (κ3) is 7.77. The lowest BCUT2D eigenvalue weighted by Crippen LogP contribution is -2.44. The van der Waals surface area contributed by atoms with Crippen molar-refractivity contribution in [3.63, 3.8) is 0 Å². The molecule has 0 amide bonds. The number of nitrogens with one attached hydrogen (secondary N) is 1. The Balaban J connectivity index is 1.23. The molecule has 2 heterocycles. The van der Waals surface area contributed by atoms with Crippen LogP contribution in [0.2, 0.25) is 5.02 Å². The molecule has 6 heteroatoms. The van der Waals surface area contributed by atoms with Crippen molar-refractivity contribution in [2.24, 2.45) is 0 Å². The summed E-state index contributed by atoms with van der Waals surface area (Å²) in [6.45, 7) is 2.92. The summed E-state index contributed by atoms with van der Waals surface area (Å²) < 4.78 is 7.72. The van der Waals surface area contributed by atoms with E-state index >= 15 is 0 Å². The SMILES string of the molecule is CCCCCCCCCCOc1ccc(CC2Nc3c(Cc4ccccc4)nc(-c4ccccc4)c[n+]3C2=O)cc1Cl. The van der Waals surface area contributed by atoms with E-state index in [-0.39, 0.29) is 5.91 Å². The van der Waals surface area contributed by atoms with Gasteiger partial charge in [-0.3, -0.25) is 5.32 Å². The Morgan fingerprint density at radius 1 is 0.857 bits per heavy atom. The van der Waals surface area contributed by atoms with Crippen molar-refractivity contribution in [1.29, 1.82) is 0 Å². The van der Waals surface area contributed by atoms with Crippen LogP contribution >= 0.6 is 11.6 Å². The molecule has 5 nitrogen and oxygen atoms in total. The molecule has 0 saturated carbocycles. The summed E-state index contributed by atoms with van der Waals surface area (Å²) >= 11 is 6.61. The quantitative estimate of drug-likeness (QED) is 0.113. The lowest BCUT2D eigenvalue weighted by molar-refractivity contribution is -0.552. The molecule has 218 valence electrons. The maximum absolute atomic E-state index is 13.7. The van der Waals surface area contributed by atoms with Gasteiger partial charge in [-0.1, -0.05) is 130 Å². The van der Waals surface area contributed by atoms with Gasteiger partial charge in [0.2, 0.25) is 0 Å². The molecule has 0 fully saturated rings. The molecular formula is C36H41ClN3O2+. The molecule has 0 spiro atoms. The molecule has 0 radical (unpaired) electrons. The van der Waals surface area contributed by atoms with Crippen LogP contribution in [-0.4, -0.2) is 23.5 Å². The van der Waals surface area contributed by atoms with Crippen molar-refractivity contribution in [2.45, 2.75) is 77.2 Å². The minimum Gasteiger partial charge on any atom is -0.492 e. The van der Waals surface area contributed by atoms with Crippen LogP contribution in [0, 0.1) is 0 Å². The van der Waals surface area contributed by atoms with Gasteiger partial charge >= 0.3 is 11.7 Å². The van der Waals surface area contributed by atoms with E-state index in [1.54, 1.807) is 4.57 Å². The van der Waals surface area contributed by atoms with Crippen molar-refractivity contribution in [3.05, 3.63) is 107 Å². The zero-order valence-electron chi connectivity index (χ0n) is 24.5. The van der Waals surface area contributed by atoms with Gasteiger partial charge in [-0.05, 0) is 29.7 Å². The fraction of sp³-hybridized carbons (Fsp3) is 0.361. The number of nitrogens with zero attached hydrogens (tertiary/aromatic N) is 2. The van der Waals surface area contributed by atoms with E-state index in [2.05, 4.69) is 24.4 Å². The topological polar surface area (TPSA) is 55.1 Å². The summed E-state index contributed by atoms with van der Waals surface area (Å²) in [6.07, 6.45) is 13.1. The third-order valence-corrected chi connectivity index (χ3v) is 8.14. The summed E-state index contributed by atoms with van der Waals surface area (Å²) in [5.74, 6) is 1.46. The van der Waals surface area contributed by atoms with Crippen molar-refractivity contribution < 1.29 is 14.1 Å². The predicted molar refractivity (Wildman–Crippen MR) is 170 cm³/mol. The van der Waals surface area contributed by atoms with Crippen molar-refractivity contribution in [3.8, 4) is 17.0 Å². The van der Waals surface area contributed by atoms with Crippen LogP contribution in [-0.2, 0) is 12.8 Å². The maximum atomic E-state index is 13.7. The second kappa shape index (κ2) is 15.0. The zero-order chi connectivity index (χ0) is 29.1. The highest BCUT2D eigenvalue weighted by Crippen LogP contribution is 2.29. The molecule has 0 bridgehead atoms. The molecule has 0 aliphatic carbocycles. The van der Waals surface area contributed by atoms with E-state index in [9.17, 15) is 4.79 Å². The standard InChI is InChI=1S/C36H40ClN3O2/c1-2-3-4-5-6-7-8-15-22-42-34-21-20-28(23-30(34)37)25-32-36(41)40-26-33(29-18-13-10-14-19-29)38-31(35(40)39-32)24-27-16-11-9-12-17-27/h9-14,16-21,23,26,32H,2-8,15,22,24-25H2,1H3/p+1. The Bertz CT molecular complexity index is 1460. The van der Waals surface area contributed by atoms with Gasteiger partial charge in [0.05, 0.1) is 11.6 Å². The number of ether oxygens (including phenoxy) is 1. The van der Waals surface area contributed by atoms with Crippen LogP contribution in [0.5, 0.6) is 5.75 Å². The number of rotatable bonds is 15. The Labute approximate surface area is 254 Å². The Morgan fingerprint density at radius 3 is 2.26 bits per heavy atom.